The maximum absolute atomic E-state index is 12.2. The van der Waals surface area contributed by atoms with Crippen LogP contribution in [0.5, 0.6) is 0 Å². The van der Waals surface area contributed by atoms with Crippen LogP contribution in [0.15, 0.2) is 18.2 Å². The number of nitrogens with zero attached hydrogens (tertiary/aromatic N) is 2. The van der Waals surface area contributed by atoms with Gasteiger partial charge in [0, 0.05) is 18.6 Å². The summed E-state index contributed by atoms with van der Waals surface area (Å²) in [6, 6.07) is 5.93. The summed E-state index contributed by atoms with van der Waals surface area (Å²) in [5, 5.41) is 3.12. The second-order valence-electron chi connectivity index (χ2n) is 5.42. The van der Waals surface area contributed by atoms with Crippen molar-refractivity contribution in [2.75, 3.05) is 18.8 Å². The topological polar surface area (TPSA) is 71.2 Å². The van der Waals surface area contributed by atoms with E-state index < -0.39 is 0 Å². The standard InChI is InChI=1S/C14H20N4O.2ClH/c15-13-6-3-4-11(16-13)14(19)17-10-7-9-18-8-2-1-5-12(10)18;;/h3-4,6,10,12H,1-2,5,7-9H2,(H2,15,16)(H,17,19);2*1H. The molecule has 5 nitrogen and oxygen atoms in total. The lowest BCUT2D eigenvalue weighted by atomic mass is 9.99. The second kappa shape index (κ2) is 7.82. The first-order valence-corrected chi connectivity index (χ1v) is 7.01. The number of hydrogen-bond acceptors (Lipinski definition) is 4. The van der Waals surface area contributed by atoms with E-state index in [1.807, 2.05) is 0 Å². The third kappa shape index (κ3) is 3.99. The van der Waals surface area contributed by atoms with Crippen molar-refractivity contribution in [3.05, 3.63) is 23.9 Å². The van der Waals surface area contributed by atoms with Crippen molar-refractivity contribution in [1.29, 1.82) is 0 Å². The molecule has 2 unspecified atom stereocenters. The molecule has 2 saturated heterocycles. The average Bonchev–Trinajstić information content (AvgIpc) is 2.82. The minimum atomic E-state index is -0.107. The molecule has 0 aromatic carbocycles. The van der Waals surface area contributed by atoms with Crippen LogP contribution in [-0.2, 0) is 0 Å². The molecule has 1 aromatic rings. The van der Waals surface area contributed by atoms with Crippen LogP contribution in [0.1, 0.15) is 36.2 Å². The number of fused-ring (bicyclic) bond motifs is 1. The molecule has 2 atom stereocenters. The maximum atomic E-state index is 12.2. The number of amides is 1. The zero-order valence-corrected chi connectivity index (χ0v) is 13.5. The number of aromatic nitrogens is 1. The quantitative estimate of drug-likeness (QED) is 0.867. The fraction of sp³-hybridized carbons (Fsp3) is 0.571. The number of carbonyl (C=O) groups excluding carboxylic acids is 1. The van der Waals surface area contributed by atoms with Crippen LogP contribution < -0.4 is 11.1 Å². The summed E-state index contributed by atoms with van der Waals surface area (Å²) >= 11 is 0. The van der Waals surface area contributed by atoms with Gasteiger partial charge in [-0.05, 0) is 37.9 Å². The van der Waals surface area contributed by atoms with Crippen LogP contribution >= 0.6 is 24.8 Å². The van der Waals surface area contributed by atoms with Gasteiger partial charge in [-0.25, -0.2) is 4.98 Å². The molecule has 2 fully saturated rings. The van der Waals surface area contributed by atoms with E-state index in [0.29, 0.717) is 17.6 Å². The van der Waals surface area contributed by atoms with E-state index in [1.54, 1.807) is 18.2 Å². The molecule has 1 aromatic heterocycles. The first kappa shape index (κ1) is 18.0. The Morgan fingerprint density at radius 1 is 1.24 bits per heavy atom. The van der Waals surface area contributed by atoms with Gasteiger partial charge in [0.25, 0.3) is 5.91 Å². The predicted octanol–water partition coefficient (Wildman–Crippen LogP) is 1.86. The van der Waals surface area contributed by atoms with Crippen molar-refractivity contribution in [2.45, 2.75) is 37.8 Å². The molecule has 0 spiro atoms. The molecule has 21 heavy (non-hydrogen) atoms. The number of hydrogen-bond donors (Lipinski definition) is 2. The van der Waals surface area contributed by atoms with Gasteiger partial charge in [-0.3, -0.25) is 9.69 Å². The molecule has 3 rings (SSSR count). The lowest BCUT2D eigenvalue weighted by molar-refractivity contribution is 0.0910. The molecular weight excluding hydrogens is 311 g/mol. The zero-order chi connectivity index (χ0) is 13.2. The van der Waals surface area contributed by atoms with Crippen LogP contribution in [0.3, 0.4) is 0 Å². The Bertz CT molecular complexity index is 486. The highest BCUT2D eigenvalue weighted by Crippen LogP contribution is 2.27. The van der Waals surface area contributed by atoms with Gasteiger partial charge in [0.2, 0.25) is 0 Å². The summed E-state index contributed by atoms with van der Waals surface area (Å²) in [7, 11) is 0. The van der Waals surface area contributed by atoms with Crippen LogP contribution in [0.2, 0.25) is 0 Å². The Morgan fingerprint density at radius 3 is 2.81 bits per heavy atom. The van der Waals surface area contributed by atoms with Crippen LogP contribution in [0.4, 0.5) is 5.82 Å². The molecule has 2 aliphatic rings. The summed E-state index contributed by atoms with van der Waals surface area (Å²) in [6.45, 7) is 2.27. The minimum Gasteiger partial charge on any atom is -0.384 e. The van der Waals surface area contributed by atoms with Crippen molar-refractivity contribution in [1.82, 2.24) is 15.2 Å². The third-order valence-electron chi connectivity index (χ3n) is 4.18. The maximum Gasteiger partial charge on any atom is 0.270 e. The number of anilines is 1. The van der Waals surface area contributed by atoms with Crippen molar-refractivity contribution >= 4 is 36.5 Å². The van der Waals surface area contributed by atoms with E-state index in [1.165, 1.54) is 25.8 Å². The lowest BCUT2D eigenvalue weighted by Crippen LogP contribution is -2.46. The summed E-state index contributed by atoms with van der Waals surface area (Å²) in [4.78, 5) is 18.8. The number of halogens is 2. The number of pyridine rings is 1. The van der Waals surface area contributed by atoms with E-state index in [0.717, 1.165) is 13.0 Å². The first-order valence-electron chi connectivity index (χ1n) is 7.01. The van der Waals surface area contributed by atoms with Crippen molar-refractivity contribution in [3.63, 3.8) is 0 Å². The van der Waals surface area contributed by atoms with Gasteiger partial charge >= 0.3 is 0 Å². The molecule has 118 valence electrons. The van der Waals surface area contributed by atoms with Crippen LogP contribution in [0.25, 0.3) is 0 Å². The number of rotatable bonds is 2. The molecule has 2 aliphatic heterocycles. The largest absolute Gasteiger partial charge is 0.384 e. The Balaban J connectivity index is 0.00000110. The average molecular weight is 333 g/mol. The van der Waals surface area contributed by atoms with Crippen molar-refractivity contribution in [3.8, 4) is 0 Å². The summed E-state index contributed by atoms with van der Waals surface area (Å²) in [6.07, 6.45) is 4.78. The molecule has 7 heteroatoms. The number of nitrogen functional groups attached to an aromatic ring is 1. The van der Waals surface area contributed by atoms with E-state index in [-0.39, 0.29) is 36.8 Å². The zero-order valence-electron chi connectivity index (χ0n) is 11.8. The highest BCUT2D eigenvalue weighted by atomic mass is 35.5. The smallest absolute Gasteiger partial charge is 0.270 e. The number of nitrogens with one attached hydrogen (secondary N) is 1. The Hall–Kier alpha value is -1.04. The van der Waals surface area contributed by atoms with Gasteiger partial charge in [0.1, 0.15) is 11.5 Å². The van der Waals surface area contributed by atoms with Gasteiger partial charge in [-0.2, -0.15) is 0 Å². The molecule has 0 saturated carbocycles. The van der Waals surface area contributed by atoms with Gasteiger partial charge in [0.05, 0.1) is 0 Å². The molecule has 3 heterocycles. The van der Waals surface area contributed by atoms with Gasteiger partial charge in [-0.1, -0.05) is 12.5 Å². The van der Waals surface area contributed by atoms with Crippen LogP contribution in [-0.4, -0.2) is 41.0 Å². The summed E-state index contributed by atoms with van der Waals surface area (Å²) < 4.78 is 0. The molecule has 3 N–H and O–H groups in total. The SMILES string of the molecule is Cl.Cl.Nc1cccc(C(=O)NC2CCN3CCCCC23)n1. The van der Waals surface area contributed by atoms with Gasteiger partial charge in [-0.15, -0.1) is 24.8 Å². The normalized spacial score (nSPS) is 24.4. The van der Waals surface area contributed by atoms with Gasteiger partial charge < -0.3 is 11.1 Å². The fourth-order valence-corrected chi connectivity index (χ4v) is 3.24. The van der Waals surface area contributed by atoms with E-state index >= 15 is 0 Å². The van der Waals surface area contributed by atoms with E-state index in [9.17, 15) is 4.79 Å². The summed E-state index contributed by atoms with van der Waals surface area (Å²) in [5.74, 6) is 0.281. The number of carbonyl (C=O) groups is 1. The molecule has 0 radical (unpaired) electrons. The third-order valence-corrected chi connectivity index (χ3v) is 4.18. The fourth-order valence-electron chi connectivity index (χ4n) is 3.24. The molecule has 1 amide bonds. The van der Waals surface area contributed by atoms with E-state index in [2.05, 4.69) is 15.2 Å². The van der Waals surface area contributed by atoms with Crippen LogP contribution in [0, 0.1) is 0 Å². The van der Waals surface area contributed by atoms with E-state index in [4.69, 9.17) is 5.73 Å². The Kier molecular flexibility index (Phi) is 6.71. The summed E-state index contributed by atoms with van der Waals surface area (Å²) in [5.41, 5.74) is 6.02. The lowest BCUT2D eigenvalue weighted by Gasteiger charge is -2.32. The monoisotopic (exact) mass is 332 g/mol. The first-order chi connectivity index (χ1) is 9.24. The predicted molar refractivity (Wildman–Crippen MR) is 88.2 cm³/mol. The minimum absolute atomic E-state index is 0. The highest BCUT2D eigenvalue weighted by Gasteiger charge is 2.36. The van der Waals surface area contributed by atoms with Crippen molar-refractivity contribution in [2.24, 2.45) is 0 Å². The molecule has 0 bridgehead atoms. The van der Waals surface area contributed by atoms with Gasteiger partial charge in [0.15, 0.2) is 0 Å². The highest BCUT2D eigenvalue weighted by molar-refractivity contribution is 5.92. The molecular formula is C14H22Cl2N4O. The second-order valence-corrected chi connectivity index (χ2v) is 5.42. The van der Waals surface area contributed by atoms with Crippen molar-refractivity contribution < 1.29 is 4.79 Å². The number of nitrogens with two attached hydrogens (primary N) is 1. The Morgan fingerprint density at radius 2 is 2.05 bits per heavy atom. The molecule has 0 aliphatic carbocycles. The Labute approximate surface area is 137 Å². The number of piperidine rings is 1.